The lowest BCUT2D eigenvalue weighted by Gasteiger charge is -2.08. The number of aryl methyl sites for hydroxylation is 1. The molecule has 1 unspecified atom stereocenters. The van der Waals surface area contributed by atoms with Gasteiger partial charge in [0.25, 0.3) is 0 Å². The second-order valence-corrected chi connectivity index (χ2v) is 2.82. The number of hydrogen-bond donors (Lipinski definition) is 2. The Morgan fingerprint density at radius 3 is 2.85 bits per heavy atom. The van der Waals surface area contributed by atoms with Gasteiger partial charge in [0.05, 0.1) is 6.61 Å². The summed E-state index contributed by atoms with van der Waals surface area (Å²) >= 11 is 0. The Hall–Kier alpha value is -1.13. The van der Waals surface area contributed by atoms with Crippen molar-refractivity contribution < 1.29 is 14.9 Å². The van der Waals surface area contributed by atoms with Crippen molar-refractivity contribution in [1.82, 2.24) is 4.98 Å². The first kappa shape index (κ1) is 9.95. The number of rotatable bonds is 4. The number of ether oxygens (including phenoxy) is 1. The van der Waals surface area contributed by atoms with E-state index in [0.717, 1.165) is 5.56 Å². The molecule has 4 nitrogen and oxygen atoms in total. The predicted octanol–water partition coefficient (Wildman–Crippen LogP) is 0.122. The maximum atomic E-state index is 8.97. The largest absolute Gasteiger partial charge is 0.475 e. The van der Waals surface area contributed by atoms with Gasteiger partial charge in [-0.2, -0.15) is 0 Å². The maximum absolute atomic E-state index is 8.97. The first-order chi connectivity index (χ1) is 6.22. The number of aromatic nitrogens is 1. The van der Waals surface area contributed by atoms with Gasteiger partial charge >= 0.3 is 0 Å². The number of nitrogens with zero attached hydrogens (tertiary/aromatic N) is 1. The predicted molar refractivity (Wildman–Crippen MR) is 47.6 cm³/mol. The van der Waals surface area contributed by atoms with Crippen molar-refractivity contribution >= 4 is 0 Å². The van der Waals surface area contributed by atoms with E-state index in [2.05, 4.69) is 4.98 Å². The second kappa shape index (κ2) is 4.79. The van der Waals surface area contributed by atoms with Gasteiger partial charge in [-0.25, -0.2) is 4.98 Å². The van der Waals surface area contributed by atoms with E-state index >= 15 is 0 Å². The average Bonchev–Trinajstić information content (AvgIpc) is 2.16. The molecule has 2 N–H and O–H groups in total. The van der Waals surface area contributed by atoms with Crippen molar-refractivity contribution in [2.75, 3.05) is 13.2 Å². The van der Waals surface area contributed by atoms with Gasteiger partial charge in [0, 0.05) is 12.3 Å². The van der Waals surface area contributed by atoms with Crippen molar-refractivity contribution in [1.29, 1.82) is 0 Å². The molecule has 0 amide bonds. The zero-order valence-corrected chi connectivity index (χ0v) is 7.47. The van der Waals surface area contributed by atoms with Gasteiger partial charge < -0.3 is 14.9 Å². The molecule has 1 aromatic rings. The lowest BCUT2D eigenvalue weighted by atomic mass is 10.3. The Balaban J connectivity index is 2.41. The molecule has 0 saturated carbocycles. The van der Waals surface area contributed by atoms with Crippen LogP contribution in [0.5, 0.6) is 5.88 Å². The van der Waals surface area contributed by atoms with Crippen molar-refractivity contribution in [2.45, 2.75) is 13.0 Å². The standard InChI is InChI=1S/C9H13NO3/c1-7-2-3-9(10-4-7)13-6-8(12)5-11/h2-4,8,11-12H,5-6H2,1H3. The van der Waals surface area contributed by atoms with Crippen LogP contribution in [0.2, 0.25) is 0 Å². The summed E-state index contributed by atoms with van der Waals surface area (Å²) in [4.78, 5) is 3.97. The Bertz CT molecular complexity index is 248. The molecule has 0 aromatic carbocycles. The molecular formula is C9H13NO3. The summed E-state index contributed by atoms with van der Waals surface area (Å²) in [5.41, 5.74) is 1.05. The third-order valence-corrected chi connectivity index (χ3v) is 1.52. The second-order valence-electron chi connectivity index (χ2n) is 2.82. The lowest BCUT2D eigenvalue weighted by Crippen LogP contribution is -2.21. The van der Waals surface area contributed by atoms with Crippen LogP contribution < -0.4 is 4.74 Å². The summed E-state index contributed by atoms with van der Waals surface area (Å²) in [6, 6.07) is 3.59. The first-order valence-corrected chi connectivity index (χ1v) is 4.06. The van der Waals surface area contributed by atoms with Gasteiger partial charge in [-0.3, -0.25) is 0 Å². The molecule has 1 rings (SSSR count). The number of pyridine rings is 1. The highest BCUT2D eigenvalue weighted by atomic mass is 16.5. The van der Waals surface area contributed by atoms with Crippen molar-refractivity contribution in [3.05, 3.63) is 23.9 Å². The minimum Gasteiger partial charge on any atom is -0.475 e. The van der Waals surface area contributed by atoms with Crippen molar-refractivity contribution in [2.24, 2.45) is 0 Å². The molecule has 0 aliphatic carbocycles. The molecule has 4 heteroatoms. The molecule has 0 bridgehead atoms. The van der Waals surface area contributed by atoms with Gasteiger partial charge in [0.1, 0.15) is 12.7 Å². The normalized spacial score (nSPS) is 12.5. The fourth-order valence-electron chi connectivity index (χ4n) is 0.774. The zero-order chi connectivity index (χ0) is 9.68. The van der Waals surface area contributed by atoms with Crippen LogP contribution in [0, 0.1) is 6.92 Å². The average molecular weight is 183 g/mol. The molecule has 1 atom stereocenters. The van der Waals surface area contributed by atoms with E-state index in [1.165, 1.54) is 0 Å². The van der Waals surface area contributed by atoms with Crippen LogP contribution in [-0.4, -0.2) is 34.5 Å². The van der Waals surface area contributed by atoms with Crippen LogP contribution in [0.3, 0.4) is 0 Å². The Morgan fingerprint density at radius 1 is 1.54 bits per heavy atom. The maximum Gasteiger partial charge on any atom is 0.213 e. The Morgan fingerprint density at radius 2 is 2.31 bits per heavy atom. The monoisotopic (exact) mass is 183 g/mol. The van der Waals surface area contributed by atoms with E-state index in [0.29, 0.717) is 5.88 Å². The summed E-state index contributed by atoms with van der Waals surface area (Å²) in [5.74, 6) is 0.457. The summed E-state index contributed by atoms with van der Waals surface area (Å²) in [7, 11) is 0. The molecule has 13 heavy (non-hydrogen) atoms. The minimum atomic E-state index is -0.844. The topological polar surface area (TPSA) is 62.6 Å². The minimum absolute atomic E-state index is 0.0621. The SMILES string of the molecule is Cc1ccc(OCC(O)CO)nc1. The van der Waals surface area contributed by atoms with E-state index < -0.39 is 6.10 Å². The smallest absolute Gasteiger partial charge is 0.213 e. The quantitative estimate of drug-likeness (QED) is 0.696. The Labute approximate surface area is 76.8 Å². The van der Waals surface area contributed by atoms with Crippen LogP contribution in [-0.2, 0) is 0 Å². The summed E-state index contributed by atoms with van der Waals surface area (Å²) in [6.07, 6.45) is 0.837. The summed E-state index contributed by atoms with van der Waals surface area (Å²) in [6.45, 7) is 1.69. The molecule has 0 aliphatic rings. The molecule has 1 aromatic heterocycles. The van der Waals surface area contributed by atoms with Gasteiger partial charge in [0.15, 0.2) is 0 Å². The number of aliphatic hydroxyl groups excluding tert-OH is 2. The fraction of sp³-hybridized carbons (Fsp3) is 0.444. The third-order valence-electron chi connectivity index (χ3n) is 1.52. The van der Waals surface area contributed by atoms with Crippen LogP contribution >= 0.6 is 0 Å². The third kappa shape index (κ3) is 3.40. The van der Waals surface area contributed by atoms with Crippen LogP contribution in [0.4, 0.5) is 0 Å². The molecule has 0 spiro atoms. The Kier molecular flexibility index (Phi) is 3.67. The molecule has 0 fully saturated rings. The highest BCUT2D eigenvalue weighted by molar-refractivity contribution is 5.16. The zero-order valence-electron chi connectivity index (χ0n) is 7.47. The fourth-order valence-corrected chi connectivity index (χ4v) is 0.774. The molecule has 72 valence electrons. The molecule has 1 heterocycles. The number of hydrogen-bond acceptors (Lipinski definition) is 4. The van der Waals surface area contributed by atoms with Gasteiger partial charge in [-0.05, 0) is 12.5 Å². The summed E-state index contributed by atoms with van der Waals surface area (Å²) in [5, 5.41) is 17.5. The van der Waals surface area contributed by atoms with Gasteiger partial charge in [-0.15, -0.1) is 0 Å². The highest BCUT2D eigenvalue weighted by Crippen LogP contribution is 2.06. The molecule has 0 aliphatic heterocycles. The summed E-state index contributed by atoms with van der Waals surface area (Å²) < 4.78 is 5.09. The van der Waals surface area contributed by atoms with Crippen LogP contribution in [0.15, 0.2) is 18.3 Å². The van der Waals surface area contributed by atoms with Gasteiger partial charge in [0.2, 0.25) is 5.88 Å². The van der Waals surface area contributed by atoms with Crippen molar-refractivity contribution in [3.8, 4) is 5.88 Å². The van der Waals surface area contributed by atoms with Gasteiger partial charge in [-0.1, -0.05) is 6.07 Å². The van der Waals surface area contributed by atoms with Crippen molar-refractivity contribution in [3.63, 3.8) is 0 Å². The highest BCUT2D eigenvalue weighted by Gasteiger charge is 2.02. The van der Waals surface area contributed by atoms with E-state index in [4.69, 9.17) is 14.9 Å². The van der Waals surface area contributed by atoms with Crippen LogP contribution in [0.25, 0.3) is 0 Å². The molecular weight excluding hydrogens is 170 g/mol. The lowest BCUT2D eigenvalue weighted by molar-refractivity contribution is 0.0521. The molecule has 0 radical (unpaired) electrons. The van der Waals surface area contributed by atoms with E-state index in [1.54, 1.807) is 12.3 Å². The van der Waals surface area contributed by atoms with Crippen LogP contribution in [0.1, 0.15) is 5.56 Å². The van der Waals surface area contributed by atoms with E-state index in [-0.39, 0.29) is 13.2 Å². The van der Waals surface area contributed by atoms with E-state index in [9.17, 15) is 0 Å². The molecule has 0 saturated heterocycles. The number of aliphatic hydroxyl groups is 2. The van der Waals surface area contributed by atoms with E-state index in [1.807, 2.05) is 13.0 Å². The first-order valence-electron chi connectivity index (χ1n) is 4.06.